The molecular formula is C23H25N7O4. The number of nitrogens with zero attached hydrogens (tertiary/aromatic N) is 6. The lowest BCUT2D eigenvalue weighted by atomic mass is 9.95. The molecule has 4 heterocycles. The van der Waals surface area contributed by atoms with Crippen LogP contribution in [-0.4, -0.2) is 73.3 Å². The Bertz CT molecular complexity index is 1200. The molecule has 0 spiro atoms. The van der Waals surface area contributed by atoms with E-state index in [1.54, 1.807) is 24.4 Å². The molecule has 2 aromatic heterocycles. The maximum atomic E-state index is 12.5. The Hall–Kier alpha value is -3.70. The highest BCUT2D eigenvalue weighted by Gasteiger charge is 2.28. The molecule has 11 heteroatoms. The van der Waals surface area contributed by atoms with Crippen LogP contribution in [0, 0.1) is 12.8 Å². The third-order valence-electron chi connectivity index (χ3n) is 6.51. The first kappa shape index (κ1) is 22.1. The Morgan fingerprint density at radius 2 is 2.21 bits per heavy atom. The predicted octanol–water partition coefficient (Wildman–Crippen LogP) is 0.821. The van der Waals surface area contributed by atoms with Gasteiger partial charge in [0.25, 0.3) is 5.91 Å². The topological polar surface area (TPSA) is 135 Å². The van der Waals surface area contributed by atoms with Crippen LogP contribution >= 0.6 is 0 Å². The number of ether oxygens (including phenoxy) is 1. The summed E-state index contributed by atoms with van der Waals surface area (Å²) in [6, 6.07) is 6.93. The number of tetrazole rings is 1. The summed E-state index contributed by atoms with van der Waals surface area (Å²) in [5.74, 6) is -0.238. The molecule has 1 fully saturated rings. The second-order valence-corrected chi connectivity index (χ2v) is 8.68. The zero-order valence-corrected chi connectivity index (χ0v) is 18.7. The summed E-state index contributed by atoms with van der Waals surface area (Å²) in [6.45, 7) is 4.86. The number of fused-ring (bicyclic) bond motifs is 1. The number of carbonyl (C=O) groups is 2. The second kappa shape index (κ2) is 9.27. The summed E-state index contributed by atoms with van der Waals surface area (Å²) < 4.78 is 6.57. The van der Waals surface area contributed by atoms with E-state index >= 15 is 0 Å². The van der Waals surface area contributed by atoms with Crippen molar-refractivity contribution in [2.24, 2.45) is 5.92 Å². The molecule has 0 saturated carbocycles. The van der Waals surface area contributed by atoms with Gasteiger partial charge in [0.2, 0.25) is 0 Å². The average Bonchev–Trinajstić information content (AvgIpc) is 3.60. The van der Waals surface area contributed by atoms with Gasteiger partial charge in [0.15, 0.2) is 0 Å². The highest BCUT2D eigenvalue weighted by atomic mass is 16.5. The third kappa shape index (κ3) is 4.39. The van der Waals surface area contributed by atoms with Crippen molar-refractivity contribution in [3.05, 3.63) is 64.7 Å². The third-order valence-corrected chi connectivity index (χ3v) is 6.51. The van der Waals surface area contributed by atoms with Gasteiger partial charge in [0.05, 0.1) is 23.6 Å². The molecule has 1 unspecified atom stereocenters. The van der Waals surface area contributed by atoms with Crippen LogP contribution in [0.25, 0.3) is 5.69 Å². The number of cyclic esters (lactones) is 1. The van der Waals surface area contributed by atoms with Crippen LogP contribution in [0.4, 0.5) is 0 Å². The summed E-state index contributed by atoms with van der Waals surface area (Å²) in [5, 5.41) is 24.8. The van der Waals surface area contributed by atoms with Gasteiger partial charge in [-0.05, 0) is 65.6 Å². The lowest BCUT2D eigenvalue weighted by Crippen LogP contribution is -2.32. The summed E-state index contributed by atoms with van der Waals surface area (Å²) >= 11 is 0. The van der Waals surface area contributed by atoms with Crippen molar-refractivity contribution >= 4 is 11.9 Å². The highest BCUT2D eigenvalue weighted by molar-refractivity contribution is 5.94. The quantitative estimate of drug-likeness (QED) is 0.488. The zero-order valence-electron chi connectivity index (χ0n) is 18.7. The van der Waals surface area contributed by atoms with Gasteiger partial charge < -0.3 is 20.1 Å². The number of nitrogens with one attached hydrogen (secondary N) is 1. The number of aromatic nitrogens is 5. The summed E-state index contributed by atoms with van der Waals surface area (Å²) in [6.07, 6.45) is 3.29. The number of amides is 1. The molecule has 11 nitrogen and oxygen atoms in total. The van der Waals surface area contributed by atoms with Crippen molar-refractivity contribution in [1.29, 1.82) is 0 Å². The van der Waals surface area contributed by atoms with E-state index < -0.39 is 6.10 Å². The van der Waals surface area contributed by atoms with Crippen LogP contribution in [0.1, 0.15) is 50.1 Å². The summed E-state index contributed by atoms with van der Waals surface area (Å²) in [7, 11) is 0. The van der Waals surface area contributed by atoms with Crippen LogP contribution < -0.4 is 5.32 Å². The van der Waals surface area contributed by atoms with Gasteiger partial charge in [0, 0.05) is 25.2 Å². The Morgan fingerprint density at radius 3 is 2.97 bits per heavy atom. The number of carbonyl (C=O) groups excluding carboxylic acids is 2. The fourth-order valence-electron chi connectivity index (χ4n) is 4.58. The van der Waals surface area contributed by atoms with Crippen LogP contribution in [-0.2, 0) is 11.3 Å². The lowest BCUT2D eigenvalue weighted by Gasteiger charge is -2.22. The van der Waals surface area contributed by atoms with Crippen molar-refractivity contribution in [3.63, 3.8) is 0 Å². The normalized spacial score (nSPS) is 18.5. The van der Waals surface area contributed by atoms with Crippen molar-refractivity contribution in [1.82, 2.24) is 35.4 Å². The van der Waals surface area contributed by atoms with E-state index in [9.17, 15) is 14.7 Å². The molecule has 1 amide bonds. The Morgan fingerprint density at radius 1 is 1.32 bits per heavy atom. The number of hydrogen-bond acceptors (Lipinski definition) is 9. The van der Waals surface area contributed by atoms with E-state index in [0.29, 0.717) is 36.0 Å². The standard InChI is InChI=1S/C23H25N7O4/c1-14-17(3-4-18-19(14)12-34-23(18)33)21(31)11-29-7-6-15(10-29)8-25-22(32)20-5-2-16(9-24-20)30-13-26-27-28-30/h2-5,9,13,15,21,31H,6-8,10-12H2,1H3,(H,25,32)/t15?,21-/m1/s1. The molecule has 2 aliphatic heterocycles. The van der Waals surface area contributed by atoms with Crippen LogP contribution in [0.2, 0.25) is 0 Å². The number of β-amino-alcohol motifs (C(OH)–C–C–N with tert-alkyl or cyclic N) is 1. The molecule has 2 atom stereocenters. The second-order valence-electron chi connectivity index (χ2n) is 8.68. The van der Waals surface area contributed by atoms with Gasteiger partial charge in [-0.2, -0.15) is 4.68 Å². The first-order valence-electron chi connectivity index (χ1n) is 11.2. The predicted molar refractivity (Wildman–Crippen MR) is 119 cm³/mol. The van der Waals surface area contributed by atoms with Gasteiger partial charge in [-0.3, -0.25) is 4.79 Å². The number of rotatable bonds is 7. The molecule has 2 N–H and O–H groups in total. The van der Waals surface area contributed by atoms with E-state index in [1.165, 1.54) is 11.0 Å². The molecule has 176 valence electrons. The average molecular weight is 463 g/mol. The van der Waals surface area contributed by atoms with Gasteiger partial charge in [-0.1, -0.05) is 6.07 Å². The van der Waals surface area contributed by atoms with Gasteiger partial charge >= 0.3 is 5.97 Å². The molecule has 0 radical (unpaired) electrons. The fraction of sp³-hybridized carbons (Fsp3) is 0.391. The minimum atomic E-state index is -0.655. The molecule has 0 aliphatic carbocycles. The molecule has 5 rings (SSSR count). The van der Waals surface area contributed by atoms with Gasteiger partial charge in [0.1, 0.15) is 18.6 Å². The van der Waals surface area contributed by atoms with Crippen LogP contribution in [0.3, 0.4) is 0 Å². The molecule has 1 saturated heterocycles. The minimum absolute atomic E-state index is 0.229. The number of esters is 1. The Labute approximate surface area is 195 Å². The number of benzene rings is 1. The smallest absolute Gasteiger partial charge is 0.338 e. The van der Waals surface area contributed by atoms with Crippen molar-refractivity contribution < 1.29 is 19.4 Å². The first-order chi connectivity index (χ1) is 16.5. The fourth-order valence-corrected chi connectivity index (χ4v) is 4.58. The largest absolute Gasteiger partial charge is 0.457 e. The van der Waals surface area contributed by atoms with E-state index in [0.717, 1.165) is 36.2 Å². The van der Waals surface area contributed by atoms with Gasteiger partial charge in [-0.15, -0.1) is 5.10 Å². The van der Waals surface area contributed by atoms with Crippen LogP contribution in [0.15, 0.2) is 36.8 Å². The number of likely N-dealkylation sites (tertiary alicyclic amines) is 1. The zero-order chi connectivity index (χ0) is 23.7. The van der Waals surface area contributed by atoms with E-state index in [1.807, 2.05) is 13.0 Å². The number of aliphatic hydroxyl groups is 1. The van der Waals surface area contributed by atoms with E-state index in [-0.39, 0.29) is 18.5 Å². The molecule has 34 heavy (non-hydrogen) atoms. The molecular weight excluding hydrogens is 438 g/mol. The molecule has 0 bridgehead atoms. The molecule has 1 aromatic carbocycles. The number of aliphatic hydroxyl groups excluding tert-OH is 1. The van der Waals surface area contributed by atoms with Crippen LogP contribution in [0.5, 0.6) is 0 Å². The van der Waals surface area contributed by atoms with Crippen molar-refractivity contribution in [2.75, 3.05) is 26.2 Å². The summed E-state index contributed by atoms with van der Waals surface area (Å²) in [5.41, 5.74) is 4.19. The Balaban J connectivity index is 1.12. The summed E-state index contributed by atoms with van der Waals surface area (Å²) in [4.78, 5) is 30.6. The van der Waals surface area contributed by atoms with Crippen molar-refractivity contribution in [3.8, 4) is 5.69 Å². The number of pyridine rings is 1. The van der Waals surface area contributed by atoms with Crippen molar-refractivity contribution in [2.45, 2.75) is 26.1 Å². The highest BCUT2D eigenvalue weighted by Crippen LogP contribution is 2.30. The lowest BCUT2D eigenvalue weighted by molar-refractivity contribution is 0.0534. The SMILES string of the molecule is Cc1c([C@H](O)CN2CCC(CNC(=O)c3ccc(-n4cnnn4)cn3)C2)ccc2c1COC2=O. The molecule has 2 aliphatic rings. The van der Waals surface area contributed by atoms with E-state index in [2.05, 4.69) is 30.7 Å². The Kier molecular flexibility index (Phi) is 6.03. The van der Waals surface area contributed by atoms with E-state index in [4.69, 9.17) is 4.74 Å². The number of hydrogen-bond donors (Lipinski definition) is 2. The molecule has 3 aromatic rings. The maximum Gasteiger partial charge on any atom is 0.338 e. The first-order valence-corrected chi connectivity index (χ1v) is 11.2. The van der Waals surface area contributed by atoms with Gasteiger partial charge in [-0.25, -0.2) is 9.78 Å². The maximum absolute atomic E-state index is 12.5. The minimum Gasteiger partial charge on any atom is -0.457 e. The monoisotopic (exact) mass is 463 g/mol.